The van der Waals surface area contributed by atoms with E-state index in [-0.39, 0.29) is 53.8 Å². The average molecular weight is 425 g/mol. The Morgan fingerprint density at radius 1 is 1.17 bits per heavy atom. The van der Waals surface area contributed by atoms with E-state index in [2.05, 4.69) is 32.3 Å². The number of nitrogens with zero attached hydrogens (tertiary/aromatic N) is 1. The van der Waals surface area contributed by atoms with Crippen molar-refractivity contribution in [2.45, 2.75) is 64.7 Å². The monoisotopic (exact) mass is 425 g/mol. The molecule has 0 radical (unpaired) electrons. The van der Waals surface area contributed by atoms with E-state index in [4.69, 9.17) is 0 Å². The third-order valence-electron chi connectivity index (χ3n) is 4.77. The molecule has 0 fully saturated rings. The molecule has 0 aliphatic rings. The fourth-order valence-electron chi connectivity index (χ4n) is 3.47. The zero-order valence-corrected chi connectivity index (χ0v) is 20.3. The average Bonchev–Trinajstić information content (AvgIpc) is 2.99. The van der Waals surface area contributed by atoms with E-state index in [1.54, 1.807) is 24.3 Å². The molecule has 2 atom stereocenters. The molecule has 0 saturated carbocycles. The predicted molar refractivity (Wildman–Crippen MR) is 110 cm³/mol. The zero-order chi connectivity index (χ0) is 21.7. The standard InChI is InChI=1S/C23H30FNO4.Na/c1-14(2)23-20(10-9-18(26)11-19(27)12-22(28)29)21(13-25(23)15(3)4)16-5-7-17(24)8-6-16;/h5-10,13-15,18-19,26-27H,11-12H2,1-4H3,(H,28,29);/q;+1/p-1/b10-9+;/t18-,19-;/m1./s1. The number of aliphatic hydroxyl groups is 2. The molecule has 2 rings (SSSR count). The molecule has 2 aromatic rings. The number of hydrogen-bond donors (Lipinski definition) is 2. The van der Waals surface area contributed by atoms with Gasteiger partial charge >= 0.3 is 29.6 Å². The summed E-state index contributed by atoms with van der Waals surface area (Å²) < 4.78 is 15.6. The topological polar surface area (TPSA) is 85.5 Å². The summed E-state index contributed by atoms with van der Waals surface area (Å²) in [5.41, 5.74) is 3.77. The molecule has 1 aromatic carbocycles. The maximum atomic E-state index is 13.4. The summed E-state index contributed by atoms with van der Waals surface area (Å²) in [5, 5.41) is 30.5. The molecule has 7 heteroatoms. The second kappa shape index (κ2) is 11.8. The summed E-state index contributed by atoms with van der Waals surface area (Å²) in [6.45, 7) is 8.33. The number of rotatable bonds is 9. The van der Waals surface area contributed by atoms with E-state index in [9.17, 15) is 24.5 Å². The molecule has 1 heterocycles. The van der Waals surface area contributed by atoms with Crippen molar-refractivity contribution in [2.24, 2.45) is 0 Å². The number of aliphatic carboxylic acids is 1. The quantitative estimate of drug-likeness (QED) is 0.565. The van der Waals surface area contributed by atoms with Gasteiger partial charge in [0.2, 0.25) is 0 Å². The molecule has 0 aliphatic heterocycles. The van der Waals surface area contributed by atoms with E-state index in [1.165, 1.54) is 12.1 Å². The van der Waals surface area contributed by atoms with Gasteiger partial charge in [-0.3, -0.25) is 0 Å². The number of aromatic nitrogens is 1. The van der Waals surface area contributed by atoms with Crippen molar-refractivity contribution in [1.29, 1.82) is 0 Å². The minimum atomic E-state index is -1.36. The molecule has 5 nitrogen and oxygen atoms in total. The van der Waals surface area contributed by atoms with Crippen LogP contribution in [0.5, 0.6) is 0 Å². The molecule has 0 unspecified atom stereocenters. The number of carbonyl (C=O) groups is 1. The van der Waals surface area contributed by atoms with Crippen molar-refractivity contribution in [3.63, 3.8) is 0 Å². The van der Waals surface area contributed by atoms with Crippen molar-refractivity contribution in [3.8, 4) is 11.1 Å². The van der Waals surface area contributed by atoms with Gasteiger partial charge in [0.1, 0.15) is 5.82 Å². The van der Waals surface area contributed by atoms with Gasteiger partial charge in [0.15, 0.2) is 0 Å². The van der Waals surface area contributed by atoms with Crippen LogP contribution in [-0.4, -0.2) is 33.0 Å². The zero-order valence-electron chi connectivity index (χ0n) is 18.3. The number of carbonyl (C=O) groups excluding carboxylic acids is 1. The molecule has 1 aromatic heterocycles. The predicted octanol–water partition coefficient (Wildman–Crippen LogP) is 0.268. The van der Waals surface area contributed by atoms with E-state index < -0.39 is 24.6 Å². The molecule has 0 amide bonds. The Balaban J connectivity index is 0.00000450. The van der Waals surface area contributed by atoms with Crippen LogP contribution in [0.25, 0.3) is 17.2 Å². The first-order chi connectivity index (χ1) is 13.6. The van der Waals surface area contributed by atoms with Gasteiger partial charge in [0.25, 0.3) is 0 Å². The third kappa shape index (κ3) is 7.06. The largest absolute Gasteiger partial charge is 1.00 e. The number of benzene rings is 1. The van der Waals surface area contributed by atoms with Crippen LogP contribution >= 0.6 is 0 Å². The van der Waals surface area contributed by atoms with Gasteiger partial charge in [-0.05, 0) is 37.5 Å². The van der Waals surface area contributed by atoms with Crippen LogP contribution < -0.4 is 34.7 Å². The Bertz CT molecular complexity index is 859. The van der Waals surface area contributed by atoms with Crippen molar-refractivity contribution >= 4 is 12.0 Å². The Hall–Kier alpha value is -1.44. The first kappa shape index (κ1) is 26.6. The molecule has 0 saturated heterocycles. The first-order valence-electron chi connectivity index (χ1n) is 9.85. The molecule has 0 aliphatic carbocycles. The normalized spacial score (nSPS) is 13.6. The second-order valence-electron chi connectivity index (χ2n) is 7.90. The van der Waals surface area contributed by atoms with Crippen molar-refractivity contribution in [1.82, 2.24) is 4.57 Å². The van der Waals surface area contributed by atoms with Crippen LogP contribution in [-0.2, 0) is 4.79 Å². The molecule has 2 N–H and O–H groups in total. The Morgan fingerprint density at radius 2 is 1.77 bits per heavy atom. The molecule has 30 heavy (non-hydrogen) atoms. The summed E-state index contributed by atoms with van der Waals surface area (Å²) >= 11 is 0. The van der Waals surface area contributed by atoms with Gasteiger partial charge in [-0.25, -0.2) is 4.39 Å². The van der Waals surface area contributed by atoms with Gasteiger partial charge in [-0.15, -0.1) is 0 Å². The summed E-state index contributed by atoms with van der Waals surface area (Å²) in [6, 6.07) is 6.47. The smallest absolute Gasteiger partial charge is 0.550 e. The van der Waals surface area contributed by atoms with E-state index in [0.717, 1.165) is 22.4 Å². The summed E-state index contributed by atoms with van der Waals surface area (Å²) in [7, 11) is 0. The summed E-state index contributed by atoms with van der Waals surface area (Å²) in [5.74, 6) is -1.47. The Kier molecular flexibility index (Phi) is 10.5. The van der Waals surface area contributed by atoms with E-state index in [0.29, 0.717) is 0 Å². The van der Waals surface area contributed by atoms with Crippen molar-refractivity contribution in [3.05, 3.63) is 53.6 Å². The number of carboxylic acids is 1. The van der Waals surface area contributed by atoms with Crippen LogP contribution in [0, 0.1) is 5.82 Å². The van der Waals surface area contributed by atoms with Gasteiger partial charge in [-0.1, -0.05) is 38.1 Å². The molecule has 158 valence electrons. The summed E-state index contributed by atoms with van der Waals surface area (Å²) in [4.78, 5) is 10.6. The number of aliphatic hydroxyl groups excluding tert-OH is 2. The van der Waals surface area contributed by atoms with Crippen LogP contribution in [0.4, 0.5) is 4.39 Å². The number of halogens is 1. The maximum Gasteiger partial charge on any atom is 1.00 e. The molecule has 0 bridgehead atoms. The SMILES string of the molecule is CC(C)c1c(/C=C/[C@@H](O)C[C@@H](O)CC(=O)[O-])c(-c2ccc(F)cc2)cn1C(C)C.[Na+]. The molecular weight excluding hydrogens is 396 g/mol. The van der Waals surface area contributed by atoms with Gasteiger partial charge in [-0.2, -0.15) is 0 Å². The Labute approximate surface area is 199 Å². The summed E-state index contributed by atoms with van der Waals surface area (Å²) in [6.07, 6.45) is 2.57. The van der Waals surface area contributed by atoms with Crippen molar-refractivity contribution in [2.75, 3.05) is 0 Å². The van der Waals surface area contributed by atoms with Crippen LogP contribution in [0.1, 0.15) is 63.8 Å². The molecular formula is C23H29FNNaO4. The number of hydrogen-bond acceptors (Lipinski definition) is 4. The van der Waals surface area contributed by atoms with Crippen LogP contribution in [0.3, 0.4) is 0 Å². The van der Waals surface area contributed by atoms with Crippen molar-refractivity contribution < 1.29 is 54.1 Å². The molecule has 0 spiro atoms. The third-order valence-corrected chi connectivity index (χ3v) is 4.77. The van der Waals surface area contributed by atoms with Gasteiger partial charge in [0.05, 0.1) is 12.2 Å². The van der Waals surface area contributed by atoms with Gasteiger partial charge < -0.3 is 24.7 Å². The first-order valence-corrected chi connectivity index (χ1v) is 9.85. The second-order valence-corrected chi connectivity index (χ2v) is 7.90. The minimum Gasteiger partial charge on any atom is -0.550 e. The fourth-order valence-corrected chi connectivity index (χ4v) is 3.47. The number of carboxylic acid groups (broad SMARTS) is 1. The van der Waals surface area contributed by atoms with E-state index in [1.807, 2.05) is 6.20 Å². The van der Waals surface area contributed by atoms with Gasteiger partial charge in [0, 0.05) is 47.9 Å². The fraction of sp³-hybridized carbons (Fsp3) is 0.435. The minimum absolute atomic E-state index is 0. The van der Waals surface area contributed by atoms with Crippen LogP contribution in [0.2, 0.25) is 0 Å². The maximum absolute atomic E-state index is 13.4. The Morgan fingerprint density at radius 3 is 2.27 bits per heavy atom. The van der Waals surface area contributed by atoms with Crippen LogP contribution in [0.15, 0.2) is 36.5 Å². The van der Waals surface area contributed by atoms with E-state index >= 15 is 0 Å².